The molecule has 0 saturated heterocycles. The Morgan fingerprint density at radius 2 is 1.24 bits per heavy atom. The Morgan fingerprint density at radius 1 is 0.569 bits per heavy atom. The molecule has 0 bridgehead atoms. The summed E-state index contributed by atoms with van der Waals surface area (Å²) in [6.45, 7) is 2.29. The third-order valence-electron chi connectivity index (χ3n) is 10.4. The van der Waals surface area contributed by atoms with Gasteiger partial charge in [-0.05, 0) is 76.6 Å². The van der Waals surface area contributed by atoms with Crippen molar-refractivity contribution in [1.29, 1.82) is 0 Å². The molecule has 3 aromatic heterocycles. The van der Waals surface area contributed by atoms with Gasteiger partial charge in [0.15, 0.2) is 0 Å². The van der Waals surface area contributed by atoms with Crippen molar-refractivity contribution in [3.63, 3.8) is 0 Å². The maximum atomic E-state index is 6.52. The lowest BCUT2D eigenvalue weighted by molar-refractivity contribution is 0.581. The third-order valence-corrected chi connectivity index (χ3v) is 10.4. The predicted octanol–water partition coefficient (Wildman–Crippen LogP) is 12.3. The van der Waals surface area contributed by atoms with Gasteiger partial charge in [-0.3, -0.25) is 4.57 Å². The van der Waals surface area contributed by atoms with Crippen molar-refractivity contribution in [1.82, 2.24) is 14.5 Å². The highest BCUT2D eigenvalue weighted by molar-refractivity contribution is 6.10. The minimum Gasteiger partial charge on any atom is -0.456 e. The summed E-state index contributed by atoms with van der Waals surface area (Å²) in [5.74, 6) is 2.05. The number of fused-ring (bicyclic) bond motifs is 6. The number of aromatic nitrogens is 3. The van der Waals surface area contributed by atoms with Crippen LogP contribution in [0.3, 0.4) is 0 Å². The second-order valence-electron chi connectivity index (χ2n) is 13.4. The molecule has 3 heterocycles. The summed E-state index contributed by atoms with van der Waals surface area (Å²) in [6, 6.07) is 53.5. The smallest absolute Gasteiger partial charge is 0.235 e. The van der Waals surface area contributed by atoms with Crippen LogP contribution in [0.5, 0.6) is 0 Å². The third kappa shape index (κ3) is 4.91. The molecule has 6 aromatic carbocycles. The number of hydrogen-bond acceptors (Lipinski definition) is 3. The number of benzene rings is 6. The van der Waals surface area contributed by atoms with Crippen LogP contribution in [0.4, 0.5) is 0 Å². The second-order valence-corrected chi connectivity index (χ2v) is 13.4. The van der Waals surface area contributed by atoms with E-state index >= 15 is 0 Å². The zero-order valence-electron chi connectivity index (χ0n) is 28.1. The van der Waals surface area contributed by atoms with Crippen molar-refractivity contribution >= 4 is 38.3 Å². The van der Waals surface area contributed by atoms with E-state index in [1.54, 1.807) is 0 Å². The van der Waals surface area contributed by atoms with Gasteiger partial charge in [-0.25, -0.2) is 9.97 Å². The lowest BCUT2D eigenvalue weighted by Crippen LogP contribution is -2.03. The molecule has 0 spiro atoms. The first-order chi connectivity index (χ1) is 25.2. The Hall–Kier alpha value is -6.52. The monoisotopic (exact) mass is 655 g/mol. The molecule has 10 rings (SSSR count). The molecule has 1 unspecified atom stereocenters. The lowest BCUT2D eigenvalue weighted by atomic mass is 9.84. The maximum Gasteiger partial charge on any atom is 0.235 e. The predicted molar refractivity (Wildman–Crippen MR) is 209 cm³/mol. The molecule has 1 atom stereocenters. The van der Waals surface area contributed by atoms with E-state index in [1.807, 2.05) is 18.3 Å². The standard InChI is InChI=1S/C47H33N3O/c1-30-18-24-37(46-45(30)39-15-6-8-17-44(39)51-46)36-23-25-43-40(29-36)38-14-5-7-16-42(38)50(43)47-48-27-26-41(49-47)33-21-19-32(20-22-33)35-13-9-12-34(28-35)31-10-3-2-4-11-31/h2-17,19-30H,18H2,1H3. The summed E-state index contributed by atoms with van der Waals surface area (Å²) < 4.78 is 8.71. The van der Waals surface area contributed by atoms with E-state index in [2.05, 4.69) is 157 Å². The molecule has 0 fully saturated rings. The van der Waals surface area contributed by atoms with E-state index in [-0.39, 0.29) is 0 Å². The van der Waals surface area contributed by atoms with Gasteiger partial charge in [-0.2, -0.15) is 0 Å². The quantitative estimate of drug-likeness (QED) is 0.185. The highest BCUT2D eigenvalue weighted by Gasteiger charge is 2.27. The zero-order valence-corrected chi connectivity index (χ0v) is 28.1. The van der Waals surface area contributed by atoms with E-state index < -0.39 is 0 Å². The Morgan fingerprint density at radius 3 is 2.08 bits per heavy atom. The first kappa shape index (κ1) is 29.4. The van der Waals surface area contributed by atoms with Gasteiger partial charge in [-0.1, -0.05) is 128 Å². The van der Waals surface area contributed by atoms with Crippen LogP contribution in [0, 0.1) is 0 Å². The van der Waals surface area contributed by atoms with Crippen LogP contribution in [-0.4, -0.2) is 14.5 Å². The molecule has 9 aromatic rings. The average molecular weight is 656 g/mol. The van der Waals surface area contributed by atoms with Crippen molar-refractivity contribution in [2.45, 2.75) is 19.3 Å². The Kier molecular flexibility index (Phi) is 6.81. The minimum atomic E-state index is 0.407. The number of furan rings is 1. The first-order valence-corrected chi connectivity index (χ1v) is 17.5. The van der Waals surface area contributed by atoms with Gasteiger partial charge < -0.3 is 4.42 Å². The van der Waals surface area contributed by atoms with Crippen LogP contribution in [0.15, 0.2) is 168 Å². The van der Waals surface area contributed by atoms with Gasteiger partial charge in [-0.15, -0.1) is 0 Å². The van der Waals surface area contributed by atoms with Crippen molar-refractivity contribution in [3.05, 3.63) is 181 Å². The van der Waals surface area contributed by atoms with Gasteiger partial charge in [0, 0.05) is 39.1 Å². The molecule has 51 heavy (non-hydrogen) atoms. The highest BCUT2D eigenvalue weighted by Crippen LogP contribution is 2.44. The van der Waals surface area contributed by atoms with Gasteiger partial charge in [0.2, 0.25) is 5.95 Å². The summed E-state index contributed by atoms with van der Waals surface area (Å²) in [7, 11) is 0. The van der Waals surface area contributed by atoms with E-state index in [4.69, 9.17) is 14.4 Å². The molecule has 0 radical (unpaired) electrons. The van der Waals surface area contributed by atoms with Crippen LogP contribution < -0.4 is 0 Å². The van der Waals surface area contributed by atoms with Crippen LogP contribution in [0.25, 0.3) is 77.8 Å². The van der Waals surface area contributed by atoms with Crippen molar-refractivity contribution in [2.24, 2.45) is 0 Å². The fraction of sp³-hybridized carbons (Fsp3) is 0.0638. The highest BCUT2D eigenvalue weighted by atomic mass is 16.3. The number of allylic oxidation sites excluding steroid dienone is 1. The summed E-state index contributed by atoms with van der Waals surface area (Å²) in [4.78, 5) is 9.95. The molecule has 1 aliphatic rings. The van der Waals surface area contributed by atoms with Gasteiger partial charge in [0.05, 0.1) is 16.7 Å². The molecule has 242 valence electrons. The van der Waals surface area contributed by atoms with E-state index in [1.165, 1.54) is 38.6 Å². The van der Waals surface area contributed by atoms with E-state index in [9.17, 15) is 0 Å². The van der Waals surface area contributed by atoms with Gasteiger partial charge in [0.25, 0.3) is 0 Å². The van der Waals surface area contributed by atoms with Crippen LogP contribution in [-0.2, 0) is 0 Å². The van der Waals surface area contributed by atoms with Gasteiger partial charge in [0.1, 0.15) is 11.3 Å². The van der Waals surface area contributed by atoms with Crippen molar-refractivity contribution < 1.29 is 4.42 Å². The number of para-hydroxylation sites is 2. The molecule has 0 amide bonds. The molecule has 0 aliphatic heterocycles. The first-order valence-electron chi connectivity index (χ1n) is 17.5. The molecule has 0 saturated carbocycles. The summed E-state index contributed by atoms with van der Waals surface area (Å²) in [5, 5.41) is 3.55. The zero-order chi connectivity index (χ0) is 33.9. The molecule has 0 N–H and O–H groups in total. The van der Waals surface area contributed by atoms with Crippen molar-refractivity contribution in [3.8, 4) is 39.5 Å². The molecule has 4 heteroatoms. The summed E-state index contributed by atoms with van der Waals surface area (Å²) in [6.07, 6.45) is 5.18. The maximum absolute atomic E-state index is 6.52. The number of rotatable bonds is 5. The topological polar surface area (TPSA) is 43.9 Å². The summed E-state index contributed by atoms with van der Waals surface area (Å²) in [5.41, 5.74) is 13.4. The largest absolute Gasteiger partial charge is 0.456 e. The minimum absolute atomic E-state index is 0.407. The van der Waals surface area contributed by atoms with E-state index in [0.717, 1.165) is 56.6 Å². The molecular formula is C47H33N3O. The normalized spacial score (nSPS) is 14.2. The second kappa shape index (κ2) is 11.8. The summed E-state index contributed by atoms with van der Waals surface area (Å²) >= 11 is 0. The fourth-order valence-corrected chi connectivity index (χ4v) is 7.82. The molecular weight excluding hydrogens is 623 g/mol. The fourth-order valence-electron chi connectivity index (χ4n) is 7.82. The van der Waals surface area contributed by atoms with E-state index in [0.29, 0.717) is 11.9 Å². The average Bonchev–Trinajstić information content (AvgIpc) is 3.75. The van der Waals surface area contributed by atoms with Crippen LogP contribution >= 0.6 is 0 Å². The van der Waals surface area contributed by atoms with Gasteiger partial charge >= 0.3 is 0 Å². The Labute approximate surface area is 296 Å². The number of hydrogen-bond donors (Lipinski definition) is 0. The Balaban J connectivity index is 1.03. The van der Waals surface area contributed by atoms with Crippen LogP contribution in [0.2, 0.25) is 0 Å². The molecule has 4 nitrogen and oxygen atoms in total. The molecule has 1 aliphatic carbocycles. The SMILES string of the molecule is CC1CC=C(c2ccc3c(c2)c2ccccc2n3-c2nccc(-c3ccc(-c4cccc(-c5ccccc5)c4)cc3)n2)c2oc3ccccc3c21. The Bertz CT molecular complexity index is 2790. The number of nitrogens with zero attached hydrogens (tertiary/aromatic N) is 3. The van der Waals surface area contributed by atoms with Crippen molar-refractivity contribution in [2.75, 3.05) is 0 Å². The lowest BCUT2D eigenvalue weighted by Gasteiger charge is -2.19. The van der Waals surface area contributed by atoms with Crippen LogP contribution in [0.1, 0.15) is 36.1 Å².